The fraction of sp³-hybridized carbons (Fsp3) is 0.333. The van der Waals surface area contributed by atoms with Crippen molar-refractivity contribution in [3.8, 4) is 0 Å². The molecule has 1 aromatic carbocycles. The van der Waals surface area contributed by atoms with E-state index in [9.17, 15) is 4.39 Å². The Morgan fingerprint density at radius 3 is 2.45 bits per heavy atom. The molecule has 5 heteroatoms. The van der Waals surface area contributed by atoms with Gasteiger partial charge >= 0.3 is 0 Å². The van der Waals surface area contributed by atoms with Gasteiger partial charge in [-0.25, -0.2) is 14.4 Å². The summed E-state index contributed by atoms with van der Waals surface area (Å²) < 4.78 is 13.8. The number of aryl methyl sites for hydroxylation is 1. The van der Waals surface area contributed by atoms with Gasteiger partial charge in [0.15, 0.2) is 0 Å². The van der Waals surface area contributed by atoms with Crippen molar-refractivity contribution in [1.82, 2.24) is 9.97 Å². The van der Waals surface area contributed by atoms with Crippen LogP contribution in [0.4, 0.5) is 10.2 Å². The van der Waals surface area contributed by atoms with E-state index in [1.54, 1.807) is 12.1 Å². The molecule has 0 amide bonds. The number of benzene rings is 1. The van der Waals surface area contributed by atoms with Crippen LogP contribution in [0.3, 0.4) is 0 Å². The molecule has 0 fully saturated rings. The summed E-state index contributed by atoms with van der Waals surface area (Å²) in [5.74, 6) is 1.33. The molecule has 1 N–H and O–H groups in total. The van der Waals surface area contributed by atoms with E-state index in [1.165, 1.54) is 12.1 Å². The lowest BCUT2D eigenvalue weighted by Gasteiger charge is -2.11. The average molecular weight is 338 g/mol. The Hall–Kier alpha value is -1.49. The Morgan fingerprint density at radius 1 is 1.15 bits per heavy atom. The van der Waals surface area contributed by atoms with Crippen molar-refractivity contribution in [3.63, 3.8) is 0 Å². The third-order valence-corrected chi connectivity index (χ3v) is 3.75. The van der Waals surface area contributed by atoms with Crippen molar-refractivity contribution in [2.45, 2.75) is 26.7 Å². The monoisotopic (exact) mass is 337 g/mol. The third kappa shape index (κ3) is 3.54. The van der Waals surface area contributed by atoms with E-state index in [0.29, 0.717) is 6.42 Å². The van der Waals surface area contributed by atoms with Crippen molar-refractivity contribution in [3.05, 3.63) is 51.6 Å². The first-order valence-electron chi connectivity index (χ1n) is 6.67. The molecule has 0 atom stereocenters. The Kier molecular flexibility index (Phi) is 5.06. The minimum Gasteiger partial charge on any atom is -0.369 e. The van der Waals surface area contributed by atoms with Gasteiger partial charge < -0.3 is 5.32 Å². The van der Waals surface area contributed by atoms with Gasteiger partial charge in [0.2, 0.25) is 0 Å². The zero-order chi connectivity index (χ0) is 14.5. The van der Waals surface area contributed by atoms with Crippen LogP contribution in [0.25, 0.3) is 0 Å². The van der Waals surface area contributed by atoms with Gasteiger partial charge in [-0.3, -0.25) is 0 Å². The van der Waals surface area contributed by atoms with E-state index < -0.39 is 0 Å². The van der Waals surface area contributed by atoms with Crippen LogP contribution in [-0.2, 0) is 12.8 Å². The van der Waals surface area contributed by atoms with Gasteiger partial charge in [-0.05, 0) is 47.0 Å². The first kappa shape index (κ1) is 14.9. The molecule has 0 spiro atoms. The Bertz CT molecular complexity index is 584. The second-order valence-corrected chi connectivity index (χ2v) is 5.23. The van der Waals surface area contributed by atoms with Crippen LogP contribution in [0, 0.1) is 5.82 Å². The summed E-state index contributed by atoms with van der Waals surface area (Å²) in [6, 6.07) is 6.44. The van der Waals surface area contributed by atoms with Gasteiger partial charge in [-0.2, -0.15) is 0 Å². The lowest BCUT2D eigenvalue weighted by molar-refractivity contribution is 0.627. The van der Waals surface area contributed by atoms with Gasteiger partial charge in [0.05, 0.1) is 10.2 Å². The van der Waals surface area contributed by atoms with Crippen molar-refractivity contribution < 1.29 is 4.39 Å². The minimum atomic E-state index is -0.229. The van der Waals surface area contributed by atoms with Gasteiger partial charge in [0, 0.05) is 13.0 Å². The fourth-order valence-corrected chi connectivity index (χ4v) is 2.53. The lowest BCUT2D eigenvalue weighted by Crippen LogP contribution is -2.08. The molecule has 1 aromatic heterocycles. The minimum absolute atomic E-state index is 0.229. The lowest BCUT2D eigenvalue weighted by atomic mass is 10.1. The molecule has 20 heavy (non-hydrogen) atoms. The second-order valence-electron chi connectivity index (χ2n) is 4.44. The summed E-state index contributed by atoms with van der Waals surface area (Å²) in [5, 5.41) is 3.23. The van der Waals surface area contributed by atoms with Crippen LogP contribution in [0.15, 0.2) is 28.7 Å². The van der Waals surface area contributed by atoms with Crippen molar-refractivity contribution in [2.24, 2.45) is 0 Å². The van der Waals surface area contributed by atoms with E-state index in [2.05, 4.69) is 38.1 Å². The molecule has 3 nitrogen and oxygen atoms in total. The van der Waals surface area contributed by atoms with Crippen LogP contribution >= 0.6 is 15.9 Å². The topological polar surface area (TPSA) is 37.8 Å². The van der Waals surface area contributed by atoms with Crippen molar-refractivity contribution in [1.29, 1.82) is 0 Å². The van der Waals surface area contributed by atoms with E-state index in [-0.39, 0.29) is 5.82 Å². The number of rotatable bonds is 5. The molecule has 0 unspecified atom stereocenters. The molecule has 0 aliphatic carbocycles. The normalized spacial score (nSPS) is 10.6. The molecular weight excluding hydrogens is 321 g/mol. The molecule has 106 valence electrons. The number of nitrogens with one attached hydrogen (secondary N) is 1. The highest BCUT2D eigenvalue weighted by atomic mass is 79.9. The van der Waals surface area contributed by atoms with Crippen molar-refractivity contribution >= 4 is 21.7 Å². The van der Waals surface area contributed by atoms with Gasteiger partial charge in [0.25, 0.3) is 0 Å². The predicted molar refractivity (Wildman–Crippen MR) is 82.5 cm³/mol. The SMILES string of the molecule is CCNc1nc(Cc2ccc(F)cc2)nc(CC)c1Br. The summed E-state index contributed by atoms with van der Waals surface area (Å²) in [5.41, 5.74) is 1.98. The second kappa shape index (κ2) is 6.79. The molecule has 0 radical (unpaired) electrons. The number of hydrogen-bond donors (Lipinski definition) is 1. The van der Waals surface area contributed by atoms with Crippen LogP contribution in [-0.4, -0.2) is 16.5 Å². The maximum absolute atomic E-state index is 12.9. The van der Waals surface area contributed by atoms with Crippen molar-refractivity contribution in [2.75, 3.05) is 11.9 Å². The summed E-state index contributed by atoms with van der Waals surface area (Å²) >= 11 is 3.53. The van der Waals surface area contributed by atoms with Crippen LogP contribution < -0.4 is 5.32 Å². The van der Waals surface area contributed by atoms with Crippen LogP contribution in [0.2, 0.25) is 0 Å². The molecule has 2 aromatic rings. The fourth-order valence-electron chi connectivity index (χ4n) is 1.93. The first-order chi connectivity index (χ1) is 9.63. The summed E-state index contributed by atoms with van der Waals surface area (Å²) in [7, 11) is 0. The molecule has 0 aliphatic rings. The number of halogens is 2. The van der Waals surface area contributed by atoms with Crippen LogP contribution in [0.5, 0.6) is 0 Å². The van der Waals surface area contributed by atoms with Gasteiger partial charge in [-0.1, -0.05) is 19.1 Å². The molecule has 0 bridgehead atoms. The van der Waals surface area contributed by atoms with E-state index in [4.69, 9.17) is 0 Å². The Morgan fingerprint density at radius 2 is 1.85 bits per heavy atom. The molecule has 0 saturated heterocycles. The van der Waals surface area contributed by atoms with Gasteiger partial charge in [0.1, 0.15) is 17.5 Å². The highest BCUT2D eigenvalue weighted by Crippen LogP contribution is 2.24. The standard InChI is InChI=1S/C15H17BrFN3/c1-3-12-14(16)15(18-4-2)20-13(19-12)9-10-5-7-11(17)8-6-10/h5-8H,3-4,9H2,1-2H3,(H,18,19,20). The summed E-state index contributed by atoms with van der Waals surface area (Å²) in [6.45, 7) is 4.89. The predicted octanol–water partition coefficient (Wildman–Crippen LogP) is 3.96. The number of hydrogen-bond acceptors (Lipinski definition) is 3. The maximum atomic E-state index is 12.9. The highest BCUT2D eigenvalue weighted by molar-refractivity contribution is 9.10. The number of anilines is 1. The van der Waals surface area contributed by atoms with Crippen LogP contribution in [0.1, 0.15) is 30.9 Å². The van der Waals surface area contributed by atoms with E-state index in [0.717, 1.165) is 40.3 Å². The molecule has 1 heterocycles. The quantitative estimate of drug-likeness (QED) is 0.897. The molecule has 2 rings (SSSR count). The van der Waals surface area contributed by atoms with E-state index in [1.807, 2.05) is 6.92 Å². The molecule has 0 aliphatic heterocycles. The summed E-state index contributed by atoms with van der Waals surface area (Å²) in [6.07, 6.45) is 1.43. The third-order valence-electron chi connectivity index (χ3n) is 2.92. The Labute approximate surface area is 126 Å². The number of nitrogens with zero attached hydrogens (tertiary/aromatic N) is 2. The highest BCUT2D eigenvalue weighted by Gasteiger charge is 2.11. The Balaban J connectivity index is 2.31. The average Bonchev–Trinajstić information content (AvgIpc) is 2.45. The first-order valence-corrected chi connectivity index (χ1v) is 7.47. The molecular formula is C15H17BrFN3. The zero-order valence-corrected chi connectivity index (χ0v) is 13.2. The smallest absolute Gasteiger partial charge is 0.144 e. The zero-order valence-electron chi connectivity index (χ0n) is 11.6. The number of aromatic nitrogens is 2. The molecule has 0 saturated carbocycles. The maximum Gasteiger partial charge on any atom is 0.144 e. The van der Waals surface area contributed by atoms with Gasteiger partial charge in [-0.15, -0.1) is 0 Å². The summed E-state index contributed by atoms with van der Waals surface area (Å²) in [4.78, 5) is 9.09. The van der Waals surface area contributed by atoms with E-state index >= 15 is 0 Å². The largest absolute Gasteiger partial charge is 0.369 e.